The monoisotopic (exact) mass is 270 g/mol. The van der Waals surface area contributed by atoms with Crippen molar-refractivity contribution in [3.8, 4) is 0 Å². The minimum Gasteiger partial charge on any atom is -0.481 e. The van der Waals surface area contributed by atoms with Crippen molar-refractivity contribution < 1.29 is 14.7 Å². The van der Waals surface area contributed by atoms with Crippen LogP contribution in [0.1, 0.15) is 53.4 Å². The van der Waals surface area contributed by atoms with Crippen LogP contribution in [0.15, 0.2) is 0 Å². The Kier molecular flexibility index (Phi) is 5.20. The van der Waals surface area contributed by atoms with Gasteiger partial charge in [0.2, 0.25) is 0 Å². The molecule has 0 aromatic heterocycles. The molecule has 2 N–H and O–H groups in total. The number of carbonyl (C=O) groups excluding carboxylic acids is 1. The average Bonchev–Trinajstić information content (AvgIpc) is 3.06. The summed E-state index contributed by atoms with van der Waals surface area (Å²) in [6.45, 7) is 8.69. The zero-order valence-electron chi connectivity index (χ0n) is 12.4. The van der Waals surface area contributed by atoms with Crippen molar-refractivity contribution in [2.75, 3.05) is 6.54 Å². The fourth-order valence-electron chi connectivity index (χ4n) is 2.02. The van der Waals surface area contributed by atoms with Crippen molar-refractivity contribution in [2.45, 2.75) is 65.0 Å². The highest BCUT2D eigenvalue weighted by Crippen LogP contribution is 2.28. The van der Waals surface area contributed by atoms with E-state index in [4.69, 9.17) is 5.11 Å². The van der Waals surface area contributed by atoms with Crippen LogP contribution in [-0.2, 0) is 4.79 Å². The van der Waals surface area contributed by atoms with Gasteiger partial charge in [-0.15, -0.1) is 0 Å². The Morgan fingerprint density at radius 1 is 1.37 bits per heavy atom. The number of urea groups is 1. The molecule has 0 bridgehead atoms. The molecular formula is C14H26N2O3. The summed E-state index contributed by atoms with van der Waals surface area (Å²) in [5.41, 5.74) is -0.487. The predicted molar refractivity (Wildman–Crippen MR) is 74.0 cm³/mol. The first-order valence-corrected chi connectivity index (χ1v) is 7.02. The number of nitrogens with zero attached hydrogens (tertiary/aromatic N) is 1. The number of carboxylic acid groups (broad SMARTS) is 1. The van der Waals surface area contributed by atoms with E-state index in [1.165, 1.54) is 0 Å². The van der Waals surface area contributed by atoms with Gasteiger partial charge in [-0.05, 0) is 39.0 Å². The van der Waals surface area contributed by atoms with Crippen molar-refractivity contribution in [1.29, 1.82) is 0 Å². The fraction of sp³-hybridized carbons (Fsp3) is 0.857. The molecular weight excluding hydrogens is 244 g/mol. The summed E-state index contributed by atoms with van der Waals surface area (Å²) in [4.78, 5) is 24.8. The molecule has 0 spiro atoms. The topological polar surface area (TPSA) is 69.6 Å². The van der Waals surface area contributed by atoms with Gasteiger partial charge in [0.05, 0.1) is 0 Å². The van der Waals surface area contributed by atoms with Gasteiger partial charge in [-0.3, -0.25) is 4.79 Å². The fourth-order valence-corrected chi connectivity index (χ4v) is 2.02. The predicted octanol–water partition coefficient (Wildman–Crippen LogP) is 2.46. The zero-order chi connectivity index (χ0) is 14.6. The van der Waals surface area contributed by atoms with Crippen LogP contribution in [-0.4, -0.2) is 40.1 Å². The van der Waals surface area contributed by atoms with Crippen molar-refractivity contribution in [1.82, 2.24) is 10.2 Å². The Morgan fingerprint density at radius 2 is 1.95 bits per heavy atom. The van der Waals surface area contributed by atoms with Crippen LogP contribution >= 0.6 is 0 Å². The Labute approximate surface area is 115 Å². The molecule has 1 saturated carbocycles. The van der Waals surface area contributed by atoms with Crippen LogP contribution in [0.2, 0.25) is 0 Å². The second kappa shape index (κ2) is 6.26. The third-order valence-electron chi connectivity index (χ3n) is 3.22. The quantitative estimate of drug-likeness (QED) is 0.746. The van der Waals surface area contributed by atoms with Crippen LogP contribution in [0, 0.1) is 5.92 Å². The molecule has 2 amide bonds. The van der Waals surface area contributed by atoms with Crippen LogP contribution < -0.4 is 5.32 Å². The maximum absolute atomic E-state index is 12.3. The summed E-state index contributed by atoms with van der Waals surface area (Å²) in [7, 11) is 0. The molecule has 5 nitrogen and oxygen atoms in total. The van der Waals surface area contributed by atoms with E-state index in [2.05, 4.69) is 19.2 Å². The molecule has 1 fully saturated rings. The van der Waals surface area contributed by atoms with Gasteiger partial charge in [0, 0.05) is 24.5 Å². The SMILES string of the molecule is CC(C)CN(C(=O)NC(C)(C)CCC(=O)O)C1CC1. The lowest BCUT2D eigenvalue weighted by molar-refractivity contribution is -0.137. The molecule has 0 aromatic rings. The maximum atomic E-state index is 12.3. The molecule has 0 aliphatic heterocycles. The van der Waals surface area contributed by atoms with E-state index in [-0.39, 0.29) is 12.5 Å². The summed E-state index contributed by atoms with van der Waals surface area (Å²) in [6.07, 6.45) is 2.67. The Hall–Kier alpha value is -1.26. The molecule has 0 atom stereocenters. The number of hydrogen-bond donors (Lipinski definition) is 2. The number of hydrogen-bond acceptors (Lipinski definition) is 2. The Bertz CT molecular complexity index is 336. The standard InChI is InChI=1S/C14H26N2O3/c1-10(2)9-16(11-5-6-11)13(19)15-14(3,4)8-7-12(17)18/h10-11H,5-9H2,1-4H3,(H,15,19)(H,17,18). The highest BCUT2D eigenvalue weighted by atomic mass is 16.4. The number of aliphatic carboxylic acids is 1. The molecule has 5 heteroatoms. The highest BCUT2D eigenvalue weighted by Gasteiger charge is 2.34. The summed E-state index contributed by atoms with van der Waals surface area (Å²) < 4.78 is 0. The second-order valence-corrected chi connectivity index (χ2v) is 6.49. The summed E-state index contributed by atoms with van der Waals surface area (Å²) in [5, 5.41) is 11.7. The molecule has 0 unspecified atom stereocenters. The summed E-state index contributed by atoms with van der Waals surface area (Å²) >= 11 is 0. The van der Waals surface area contributed by atoms with Crippen LogP contribution in [0.5, 0.6) is 0 Å². The minimum absolute atomic E-state index is 0.0633. The van der Waals surface area contributed by atoms with Crippen molar-refractivity contribution in [2.24, 2.45) is 5.92 Å². The number of rotatable bonds is 7. The number of amides is 2. The molecule has 0 aromatic carbocycles. The van der Waals surface area contributed by atoms with E-state index in [1.807, 2.05) is 18.7 Å². The van der Waals surface area contributed by atoms with Gasteiger partial charge in [-0.2, -0.15) is 0 Å². The molecule has 1 aliphatic carbocycles. The molecule has 0 saturated heterocycles. The summed E-state index contributed by atoms with van der Waals surface area (Å²) in [6, 6.07) is 0.310. The van der Waals surface area contributed by atoms with Crippen molar-refractivity contribution in [3.63, 3.8) is 0 Å². The Morgan fingerprint density at radius 3 is 2.37 bits per heavy atom. The minimum atomic E-state index is -0.830. The van der Waals surface area contributed by atoms with Crippen LogP contribution in [0.25, 0.3) is 0 Å². The highest BCUT2D eigenvalue weighted by molar-refractivity contribution is 5.76. The van der Waals surface area contributed by atoms with Gasteiger partial charge in [-0.1, -0.05) is 13.8 Å². The lowest BCUT2D eigenvalue weighted by atomic mass is 9.98. The maximum Gasteiger partial charge on any atom is 0.318 e. The molecule has 0 heterocycles. The smallest absolute Gasteiger partial charge is 0.318 e. The molecule has 1 rings (SSSR count). The lowest BCUT2D eigenvalue weighted by Gasteiger charge is -2.31. The second-order valence-electron chi connectivity index (χ2n) is 6.49. The number of carbonyl (C=O) groups is 2. The van der Waals surface area contributed by atoms with Gasteiger partial charge in [0.15, 0.2) is 0 Å². The Balaban J connectivity index is 2.52. The lowest BCUT2D eigenvalue weighted by Crippen LogP contribution is -2.51. The molecule has 0 radical (unpaired) electrons. The number of nitrogens with one attached hydrogen (secondary N) is 1. The third-order valence-corrected chi connectivity index (χ3v) is 3.22. The molecule has 19 heavy (non-hydrogen) atoms. The zero-order valence-corrected chi connectivity index (χ0v) is 12.4. The van der Waals surface area contributed by atoms with E-state index in [0.29, 0.717) is 18.4 Å². The van der Waals surface area contributed by atoms with E-state index in [0.717, 1.165) is 19.4 Å². The van der Waals surface area contributed by atoms with Gasteiger partial charge < -0.3 is 15.3 Å². The summed E-state index contributed by atoms with van der Waals surface area (Å²) in [5.74, 6) is -0.392. The first-order valence-electron chi connectivity index (χ1n) is 7.02. The van der Waals surface area contributed by atoms with Gasteiger partial charge in [0.1, 0.15) is 0 Å². The van der Waals surface area contributed by atoms with E-state index in [1.54, 1.807) is 0 Å². The largest absolute Gasteiger partial charge is 0.481 e. The van der Waals surface area contributed by atoms with Gasteiger partial charge in [0.25, 0.3) is 0 Å². The van der Waals surface area contributed by atoms with Gasteiger partial charge in [-0.25, -0.2) is 4.79 Å². The van der Waals surface area contributed by atoms with Crippen molar-refractivity contribution >= 4 is 12.0 Å². The first kappa shape index (κ1) is 15.8. The van der Waals surface area contributed by atoms with Crippen LogP contribution in [0.3, 0.4) is 0 Å². The average molecular weight is 270 g/mol. The normalized spacial score (nSPS) is 15.4. The van der Waals surface area contributed by atoms with E-state index in [9.17, 15) is 9.59 Å². The van der Waals surface area contributed by atoms with E-state index >= 15 is 0 Å². The van der Waals surface area contributed by atoms with Gasteiger partial charge >= 0.3 is 12.0 Å². The molecule has 110 valence electrons. The van der Waals surface area contributed by atoms with E-state index < -0.39 is 11.5 Å². The first-order chi connectivity index (χ1) is 8.71. The third kappa shape index (κ3) is 5.94. The molecule has 1 aliphatic rings. The van der Waals surface area contributed by atoms with Crippen molar-refractivity contribution in [3.05, 3.63) is 0 Å². The van der Waals surface area contributed by atoms with Crippen LogP contribution in [0.4, 0.5) is 4.79 Å². The number of carboxylic acids is 1.